The van der Waals surface area contributed by atoms with Crippen molar-refractivity contribution in [1.29, 1.82) is 0 Å². The lowest BCUT2D eigenvalue weighted by atomic mass is 9.85. The van der Waals surface area contributed by atoms with Gasteiger partial charge in [-0.1, -0.05) is 30.4 Å². The molecule has 1 N–H and O–H groups in total. The highest BCUT2D eigenvalue weighted by Gasteiger charge is 2.59. The summed E-state index contributed by atoms with van der Waals surface area (Å²) in [5.41, 5.74) is 1.79. The zero-order chi connectivity index (χ0) is 21.3. The first-order chi connectivity index (χ1) is 15.0. The summed E-state index contributed by atoms with van der Waals surface area (Å²) in [6.45, 7) is -0.300. The lowest BCUT2D eigenvalue weighted by Gasteiger charge is -2.17. The van der Waals surface area contributed by atoms with Crippen molar-refractivity contribution >= 4 is 45.3 Å². The minimum atomic E-state index is -0.448. The number of nitrogens with one attached hydrogen (secondary N) is 1. The molecule has 7 nitrogen and oxygen atoms in total. The van der Waals surface area contributed by atoms with Gasteiger partial charge in [0.05, 0.1) is 24.6 Å². The van der Waals surface area contributed by atoms with Crippen LogP contribution in [0.3, 0.4) is 0 Å². The molecular formula is C24H20N2O5. The molecule has 1 saturated carbocycles. The Morgan fingerprint density at radius 1 is 1.06 bits per heavy atom. The third kappa shape index (κ3) is 2.55. The van der Waals surface area contributed by atoms with E-state index in [1.165, 1.54) is 7.11 Å². The van der Waals surface area contributed by atoms with Crippen LogP contribution in [0.25, 0.3) is 21.9 Å². The monoisotopic (exact) mass is 416 g/mol. The molecule has 31 heavy (non-hydrogen) atoms. The molecule has 2 bridgehead atoms. The van der Waals surface area contributed by atoms with Crippen LogP contribution in [-0.2, 0) is 14.4 Å². The summed E-state index contributed by atoms with van der Waals surface area (Å²) in [4.78, 5) is 39.5. The van der Waals surface area contributed by atoms with Crippen molar-refractivity contribution in [3.8, 4) is 5.75 Å². The second-order valence-corrected chi connectivity index (χ2v) is 8.46. The second kappa shape index (κ2) is 6.44. The van der Waals surface area contributed by atoms with E-state index in [0.717, 1.165) is 27.7 Å². The maximum Gasteiger partial charge on any atom is 0.244 e. The number of hydrogen-bond acceptors (Lipinski definition) is 5. The fourth-order valence-electron chi connectivity index (χ4n) is 5.47. The Balaban J connectivity index is 1.26. The predicted octanol–water partition coefficient (Wildman–Crippen LogP) is 3.34. The van der Waals surface area contributed by atoms with E-state index >= 15 is 0 Å². The summed E-state index contributed by atoms with van der Waals surface area (Å²) in [5, 5.41) is 4.62. The molecule has 1 aromatic heterocycles. The minimum absolute atomic E-state index is 0.120. The first-order valence-corrected chi connectivity index (χ1v) is 10.4. The Hall–Kier alpha value is -3.61. The Morgan fingerprint density at radius 2 is 1.77 bits per heavy atom. The standard InChI is InChI=1S/C24H20N2O5/c1-30-19-9-15-14-4-2-3-5-17(14)31-18(15)10-16(19)25-20(27)11-26-23(28)21-12-6-7-13(8-12)22(21)24(26)29/h2-7,9-10,12-13,21-22H,8,11H2,1H3,(H,25,27). The van der Waals surface area contributed by atoms with Crippen LogP contribution in [-0.4, -0.2) is 36.3 Å². The number of rotatable bonds is 4. The largest absolute Gasteiger partial charge is 0.495 e. The van der Waals surface area contributed by atoms with E-state index in [0.29, 0.717) is 17.0 Å². The van der Waals surface area contributed by atoms with Gasteiger partial charge in [0.25, 0.3) is 0 Å². The molecule has 1 saturated heterocycles. The van der Waals surface area contributed by atoms with Crippen molar-refractivity contribution in [2.75, 3.05) is 19.0 Å². The van der Waals surface area contributed by atoms with E-state index in [1.807, 2.05) is 42.5 Å². The molecule has 2 aromatic carbocycles. The van der Waals surface area contributed by atoms with Crippen LogP contribution in [0.4, 0.5) is 5.69 Å². The third-order valence-corrected chi connectivity index (χ3v) is 6.84. The first kappa shape index (κ1) is 18.2. The lowest BCUT2D eigenvalue weighted by molar-refractivity contribution is -0.143. The number of imide groups is 1. The number of furan rings is 1. The summed E-state index contributed by atoms with van der Waals surface area (Å²) >= 11 is 0. The topological polar surface area (TPSA) is 88.9 Å². The van der Waals surface area contributed by atoms with E-state index in [9.17, 15) is 14.4 Å². The number of anilines is 1. The van der Waals surface area contributed by atoms with Crippen molar-refractivity contribution in [1.82, 2.24) is 4.90 Å². The zero-order valence-corrected chi connectivity index (χ0v) is 16.8. The van der Waals surface area contributed by atoms with Gasteiger partial charge in [-0.05, 0) is 30.4 Å². The maximum absolute atomic E-state index is 12.8. The van der Waals surface area contributed by atoms with Crippen LogP contribution >= 0.6 is 0 Å². The number of fused-ring (bicyclic) bond motifs is 8. The van der Waals surface area contributed by atoms with Gasteiger partial charge < -0.3 is 14.5 Å². The van der Waals surface area contributed by atoms with Gasteiger partial charge in [-0.25, -0.2) is 0 Å². The van der Waals surface area contributed by atoms with Gasteiger partial charge in [-0.15, -0.1) is 0 Å². The van der Waals surface area contributed by atoms with Crippen LogP contribution in [0, 0.1) is 23.7 Å². The smallest absolute Gasteiger partial charge is 0.244 e. The van der Waals surface area contributed by atoms with Gasteiger partial charge in [-0.3, -0.25) is 19.3 Å². The first-order valence-electron chi connectivity index (χ1n) is 10.4. The van der Waals surface area contributed by atoms with Crippen LogP contribution < -0.4 is 10.1 Å². The molecule has 4 atom stereocenters. The quantitative estimate of drug-likeness (QED) is 0.521. The van der Waals surface area contributed by atoms with Crippen molar-refractivity contribution in [3.05, 3.63) is 48.6 Å². The highest BCUT2D eigenvalue weighted by molar-refractivity contribution is 6.11. The molecule has 156 valence electrons. The molecule has 3 aliphatic rings. The number of benzene rings is 2. The number of carbonyl (C=O) groups is 3. The van der Waals surface area contributed by atoms with Gasteiger partial charge in [0, 0.05) is 16.8 Å². The molecule has 7 heteroatoms. The number of methoxy groups -OCH3 is 1. The highest BCUT2D eigenvalue weighted by atomic mass is 16.5. The fraction of sp³-hybridized carbons (Fsp3) is 0.292. The maximum atomic E-state index is 12.8. The number of para-hydroxylation sites is 1. The number of hydrogen-bond donors (Lipinski definition) is 1. The Morgan fingerprint density at radius 3 is 2.48 bits per heavy atom. The Kier molecular flexibility index (Phi) is 3.78. The number of allylic oxidation sites excluding steroid dienone is 2. The molecule has 2 heterocycles. The molecule has 2 fully saturated rings. The number of nitrogens with zero attached hydrogens (tertiary/aromatic N) is 1. The summed E-state index contributed by atoms with van der Waals surface area (Å²) in [5.74, 6) is -0.816. The molecule has 6 rings (SSSR count). The molecular weight excluding hydrogens is 396 g/mol. The summed E-state index contributed by atoms with van der Waals surface area (Å²) in [6.07, 6.45) is 4.93. The zero-order valence-electron chi connectivity index (χ0n) is 16.8. The fourth-order valence-corrected chi connectivity index (χ4v) is 5.47. The number of ether oxygens (including phenoxy) is 1. The molecule has 4 unspecified atom stereocenters. The summed E-state index contributed by atoms with van der Waals surface area (Å²) in [7, 11) is 1.52. The van der Waals surface area contributed by atoms with Crippen LogP contribution in [0.2, 0.25) is 0 Å². The molecule has 0 radical (unpaired) electrons. The summed E-state index contributed by atoms with van der Waals surface area (Å²) < 4.78 is 11.4. The molecule has 2 aliphatic carbocycles. The predicted molar refractivity (Wildman–Crippen MR) is 113 cm³/mol. The van der Waals surface area contributed by atoms with E-state index in [-0.39, 0.29) is 42.0 Å². The third-order valence-electron chi connectivity index (χ3n) is 6.84. The Labute approximate surface area is 177 Å². The van der Waals surface area contributed by atoms with Gasteiger partial charge >= 0.3 is 0 Å². The van der Waals surface area contributed by atoms with Gasteiger partial charge in [-0.2, -0.15) is 0 Å². The molecule has 3 amide bonds. The van der Waals surface area contributed by atoms with E-state index in [4.69, 9.17) is 9.15 Å². The van der Waals surface area contributed by atoms with E-state index in [2.05, 4.69) is 5.32 Å². The number of carbonyl (C=O) groups excluding carboxylic acids is 3. The minimum Gasteiger partial charge on any atom is -0.495 e. The van der Waals surface area contributed by atoms with Gasteiger partial charge in [0.1, 0.15) is 23.5 Å². The van der Waals surface area contributed by atoms with Crippen LogP contribution in [0.1, 0.15) is 6.42 Å². The highest BCUT2D eigenvalue weighted by Crippen LogP contribution is 2.52. The van der Waals surface area contributed by atoms with Crippen molar-refractivity contribution < 1.29 is 23.5 Å². The number of likely N-dealkylation sites (tertiary alicyclic amines) is 1. The lowest BCUT2D eigenvalue weighted by Crippen LogP contribution is -2.39. The van der Waals surface area contributed by atoms with Gasteiger partial charge in [0.15, 0.2) is 0 Å². The molecule has 0 spiro atoms. The van der Waals surface area contributed by atoms with Crippen molar-refractivity contribution in [3.63, 3.8) is 0 Å². The van der Waals surface area contributed by atoms with Crippen LogP contribution in [0.5, 0.6) is 5.75 Å². The van der Waals surface area contributed by atoms with Crippen molar-refractivity contribution in [2.24, 2.45) is 23.7 Å². The van der Waals surface area contributed by atoms with Gasteiger partial charge in [0.2, 0.25) is 17.7 Å². The number of amides is 3. The average molecular weight is 416 g/mol. The van der Waals surface area contributed by atoms with Crippen molar-refractivity contribution in [2.45, 2.75) is 6.42 Å². The molecule has 1 aliphatic heterocycles. The second-order valence-electron chi connectivity index (χ2n) is 8.46. The van der Waals surface area contributed by atoms with Crippen LogP contribution in [0.15, 0.2) is 53.0 Å². The summed E-state index contributed by atoms with van der Waals surface area (Å²) in [6, 6.07) is 11.2. The average Bonchev–Trinajstić information content (AvgIpc) is 3.52. The van der Waals surface area contributed by atoms with E-state index < -0.39 is 5.91 Å². The normalized spacial score (nSPS) is 26.3. The Bertz CT molecular complexity index is 1280. The van der Waals surface area contributed by atoms with E-state index in [1.54, 1.807) is 6.07 Å². The SMILES string of the molecule is COc1cc2c(cc1NC(=O)CN1C(=O)C3C4C=CC(C4)C3C1=O)oc1ccccc12. The molecule has 3 aromatic rings.